The molecule has 1 heterocycles. The number of benzene rings is 1. The van der Waals surface area contributed by atoms with Gasteiger partial charge >= 0.3 is 12.2 Å². The van der Waals surface area contributed by atoms with Crippen molar-refractivity contribution in [3.05, 3.63) is 35.9 Å². The van der Waals surface area contributed by atoms with Crippen molar-refractivity contribution in [3.8, 4) is 0 Å². The topological polar surface area (TPSA) is 97.0 Å². The second-order valence-corrected chi connectivity index (χ2v) is 8.85. The summed E-state index contributed by atoms with van der Waals surface area (Å²) in [6.07, 6.45) is 1.68. The van der Waals surface area contributed by atoms with Crippen LogP contribution >= 0.6 is 0 Å². The van der Waals surface area contributed by atoms with Gasteiger partial charge < -0.3 is 25.0 Å². The summed E-state index contributed by atoms with van der Waals surface area (Å²) in [4.78, 5) is 38.9. The van der Waals surface area contributed by atoms with Crippen LogP contribution in [0.4, 0.5) is 9.59 Å². The molecule has 0 aliphatic carbocycles. The summed E-state index contributed by atoms with van der Waals surface area (Å²) in [7, 11) is 0. The minimum atomic E-state index is -0.697. The average molecular weight is 434 g/mol. The summed E-state index contributed by atoms with van der Waals surface area (Å²) >= 11 is 0. The first-order valence-electron chi connectivity index (χ1n) is 10.9. The van der Waals surface area contributed by atoms with Crippen LogP contribution in [0.25, 0.3) is 0 Å². The Hall–Kier alpha value is -2.77. The normalized spacial score (nSPS) is 17.0. The number of nitrogens with one attached hydrogen (secondary N) is 2. The lowest BCUT2D eigenvalue weighted by Gasteiger charge is -2.28. The molecule has 0 saturated carbocycles. The minimum Gasteiger partial charge on any atom is -0.445 e. The van der Waals surface area contributed by atoms with E-state index in [2.05, 4.69) is 10.6 Å². The zero-order chi connectivity index (χ0) is 22.9. The largest absolute Gasteiger partial charge is 0.445 e. The van der Waals surface area contributed by atoms with Crippen LogP contribution in [0, 0.1) is 0 Å². The van der Waals surface area contributed by atoms with Crippen LogP contribution < -0.4 is 10.6 Å². The van der Waals surface area contributed by atoms with Gasteiger partial charge in [-0.2, -0.15) is 0 Å². The predicted molar refractivity (Wildman–Crippen MR) is 117 cm³/mol. The Morgan fingerprint density at radius 1 is 1.16 bits per heavy atom. The van der Waals surface area contributed by atoms with Crippen molar-refractivity contribution in [2.75, 3.05) is 13.1 Å². The number of rotatable bonds is 8. The molecule has 3 amide bonds. The molecule has 8 heteroatoms. The van der Waals surface area contributed by atoms with Gasteiger partial charge in [0.15, 0.2) is 0 Å². The zero-order valence-corrected chi connectivity index (χ0v) is 19.0. The van der Waals surface area contributed by atoms with E-state index in [-0.39, 0.29) is 18.6 Å². The van der Waals surface area contributed by atoms with Crippen molar-refractivity contribution in [1.82, 2.24) is 15.5 Å². The number of likely N-dealkylation sites (tertiary alicyclic amines) is 1. The van der Waals surface area contributed by atoms with Crippen LogP contribution in [0.5, 0.6) is 0 Å². The third kappa shape index (κ3) is 8.86. The van der Waals surface area contributed by atoms with E-state index in [1.54, 1.807) is 20.8 Å². The molecule has 31 heavy (non-hydrogen) atoms. The van der Waals surface area contributed by atoms with Crippen molar-refractivity contribution in [2.24, 2.45) is 0 Å². The van der Waals surface area contributed by atoms with Crippen LogP contribution in [-0.2, 0) is 20.9 Å². The molecule has 2 rings (SSSR count). The average Bonchev–Trinajstić information content (AvgIpc) is 3.13. The minimum absolute atomic E-state index is 0.109. The van der Waals surface area contributed by atoms with E-state index < -0.39 is 23.8 Å². The van der Waals surface area contributed by atoms with E-state index >= 15 is 0 Å². The number of ether oxygens (including phenoxy) is 2. The molecule has 1 aromatic carbocycles. The first kappa shape index (κ1) is 24.5. The highest BCUT2D eigenvalue weighted by Gasteiger charge is 2.32. The number of carbonyl (C=O) groups excluding carboxylic acids is 3. The zero-order valence-electron chi connectivity index (χ0n) is 19.0. The maximum Gasteiger partial charge on any atom is 0.408 e. The molecular formula is C23H35N3O5. The molecular weight excluding hydrogens is 398 g/mol. The first-order chi connectivity index (χ1) is 14.7. The van der Waals surface area contributed by atoms with Gasteiger partial charge in [0.1, 0.15) is 18.2 Å². The third-order valence-corrected chi connectivity index (χ3v) is 4.98. The van der Waals surface area contributed by atoms with Crippen LogP contribution in [0.1, 0.15) is 58.9 Å². The Morgan fingerprint density at radius 2 is 1.87 bits per heavy atom. The highest BCUT2D eigenvalue weighted by Crippen LogP contribution is 2.19. The Labute approximate surface area is 184 Å². The maximum atomic E-state index is 13.0. The summed E-state index contributed by atoms with van der Waals surface area (Å²) in [6.45, 7) is 8.56. The summed E-state index contributed by atoms with van der Waals surface area (Å²) in [6, 6.07) is 8.88. The van der Waals surface area contributed by atoms with Crippen molar-refractivity contribution >= 4 is 18.1 Å². The molecule has 0 radical (unpaired) electrons. The monoisotopic (exact) mass is 433 g/mol. The van der Waals surface area contributed by atoms with Crippen molar-refractivity contribution in [2.45, 2.75) is 77.7 Å². The van der Waals surface area contributed by atoms with Gasteiger partial charge in [-0.3, -0.25) is 4.79 Å². The molecule has 172 valence electrons. The number of carbonyl (C=O) groups is 3. The lowest BCUT2D eigenvalue weighted by atomic mass is 10.1. The lowest BCUT2D eigenvalue weighted by molar-refractivity contribution is -0.134. The number of hydrogen-bond donors (Lipinski definition) is 2. The molecule has 1 saturated heterocycles. The van der Waals surface area contributed by atoms with E-state index in [9.17, 15) is 14.4 Å². The molecule has 0 spiro atoms. The molecule has 2 N–H and O–H groups in total. The molecule has 1 aliphatic heterocycles. The standard InChI is InChI=1S/C23H35N3O5/c1-17-10-9-15-26(17)20(27)19(25-22(29)31-23(2,3)4)13-8-14-24-21(28)30-16-18-11-6-5-7-12-18/h5-7,11-12,17,19H,8-10,13-16H2,1-4H3,(H,24,28)(H,25,29)/t17-,19-/m0/s1. The van der Waals surface area contributed by atoms with Crippen molar-refractivity contribution in [1.29, 1.82) is 0 Å². The van der Waals surface area contributed by atoms with Gasteiger partial charge in [0, 0.05) is 19.1 Å². The van der Waals surface area contributed by atoms with Gasteiger partial charge in [0.2, 0.25) is 5.91 Å². The number of amides is 3. The highest BCUT2D eigenvalue weighted by atomic mass is 16.6. The van der Waals surface area contributed by atoms with Crippen LogP contribution in [0.2, 0.25) is 0 Å². The Balaban J connectivity index is 1.81. The quantitative estimate of drug-likeness (QED) is 0.611. The predicted octanol–water partition coefficient (Wildman–Crippen LogP) is 3.60. The van der Waals surface area contributed by atoms with E-state index in [0.717, 1.165) is 18.4 Å². The Morgan fingerprint density at radius 3 is 2.48 bits per heavy atom. The van der Waals surface area contributed by atoms with Gasteiger partial charge in [-0.15, -0.1) is 0 Å². The Kier molecular flexibility index (Phi) is 9.15. The molecule has 1 aliphatic rings. The summed E-state index contributed by atoms with van der Waals surface area (Å²) in [5, 5.41) is 5.40. The van der Waals surface area contributed by atoms with Gasteiger partial charge in [0.05, 0.1) is 0 Å². The van der Waals surface area contributed by atoms with Gasteiger partial charge in [0.25, 0.3) is 0 Å². The fraction of sp³-hybridized carbons (Fsp3) is 0.609. The molecule has 0 aromatic heterocycles. The summed E-state index contributed by atoms with van der Waals surface area (Å²) in [5.74, 6) is -0.109. The van der Waals surface area contributed by atoms with Crippen molar-refractivity contribution in [3.63, 3.8) is 0 Å². The summed E-state index contributed by atoms with van der Waals surface area (Å²) < 4.78 is 10.5. The maximum absolute atomic E-state index is 13.0. The number of nitrogens with zero attached hydrogens (tertiary/aromatic N) is 1. The Bertz CT molecular complexity index is 732. The van der Waals surface area contributed by atoms with E-state index in [1.165, 1.54) is 0 Å². The van der Waals surface area contributed by atoms with Crippen molar-refractivity contribution < 1.29 is 23.9 Å². The SMILES string of the molecule is C[C@H]1CCCN1C(=O)[C@H](CCCNC(=O)OCc1ccccc1)NC(=O)OC(C)(C)C. The van der Waals surface area contributed by atoms with Gasteiger partial charge in [-0.25, -0.2) is 9.59 Å². The fourth-order valence-corrected chi connectivity index (χ4v) is 3.44. The van der Waals surface area contributed by atoms with Crippen LogP contribution in [-0.4, -0.2) is 53.8 Å². The van der Waals surface area contributed by atoms with E-state index in [0.29, 0.717) is 25.9 Å². The molecule has 8 nitrogen and oxygen atoms in total. The van der Waals surface area contributed by atoms with E-state index in [1.807, 2.05) is 42.2 Å². The summed E-state index contributed by atoms with van der Waals surface area (Å²) in [5.41, 5.74) is 0.257. The second-order valence-electron chi connectivity index (χ2n) is 8.85. The fourth-order valence-electron chi connectivity index (χ4n) is 3.44. The third-order valence-electron chi connectivity index (χ3n) is 4.98. The molecule has 0 bridgehead atoms. The molecule has 0 unspecified atom stereocenters. The molecule has 1 aromatic rings. The number of hydrogen-bond acceptors (Lipinski definition) is 5. The van der Waals surface area contributed by atoms with Crippen LogP contribution in [0.3, 0.4) is 0 Å². The first-order valence-corrected chi connectivity index (χ1v) is 10.9. The van der Waals surface area contributed by atoms with Gasteiger partial charge in [-0.1, -0.05) is 30.3 Å². The molecule has 1 fully saturated rings. The highest BCUT2D eigenvalue weighted by molar-refractivity contribution is 5.86. The smallest absolute Gasteiger partial charge is 0.408 e. The van der Waals surface area contributed by atoms with Crippen LogP contribution in [0.15, 0.2) is 30.3 Å². The lowest BCUT2D eigenvalue weighted by Crippen LogP contribution is -2.50. The second kappa shape index (κ2) is 11.6. The molecule has 2 atom stereocenters. The number of alkyl carbamates (subject to hydrolysis) is 2. The van der Waals surface area contributed by atoms with E-state index in [4.69, 9.17) is 9.47 Å². The van der Waals surface area contributed by atoms with Gasteiger partial charge in [-0.05, 0) is 58.9 Å².